The zero-order chi connectivity index (χ0) is 13.5. The lowest BCUT2D eigenvalue weighted by Gasteiger charge is -2.07. The van der Waals surface area contributed by atoms with Gasteiger partial charge in [-0.1, -0.05) is 12.1 Å². The molecule has 0 saturated carbocycles. The molecule has 3 nitrogen and oxygen atoms in total. The number of benzene rings is 1. The maximum Gasteiger partial charge on any atom is 0.137 e. The van der Waals surface area contributed by atoms with Gasteiger partial charge in [0, 0.05) is 16.4 Å². The molecule has 0 radical (unpaired) electrons. The molecule has 2 rings (SSSR count). The summed E-state index contributed by atoms with van der Waals surface area (Å²) < 4.78 is 6.59. The number of thioether (sulfide) groups is 1. The summed E-state index contributed by atoms with van der Waals surface area (Å²) in [6.45, 7) is 0.534. The highest BCUT2D eigenvalue weighted by Gasteiger charge is 2.03. The van der Waals surface area contributed by atoms with Crippen LogP contribution < -0.4 is 4.74 Å². The topological polar surface area (TPSA) is 45.9 Å². The average molecular weight is 335 g/mol. The molecule has 0 aliphatic heterocycles. The molecule has 0 fully saturated rings. The van der Waals surface area contributed by atoms with E-state index >= 15 is 0 Å². The Morgan fingerprint density at radius 3 is 2.89 bits per heavy atom. The van der Waals surface area contributed by atoms with Crippen LogP contribution in [0.5, 0.6) is 5.75 Å². The van der Waals surface area contributed by atoms with Gasteiger partial charge in [0.15, 0.2) is 0 Å². The summed E-state index contributed by atoms with van der Waals surface area (Å²) in [7, 11) is 0. The van der Waals surface area contributed by atoms with Crippen molar-refractivity contribution in [1.82, 2.24) is 4.98 Å². The van der Waals surface area contributed by atoms with Crippen LogP contribution in [0.15, 0.2) is 52.1 Å². The number of rotatable bonds is 5. The van der Waals surface area contributed by atoms with Gasteiger partial charge in [-0.2, -0.15) is 5.26 Å². The molecule has 0 unspecified atom stereocenters. The fourth-order valence-corrected chi connectivity index (χ4v) is 2.75. The van der Waals surface area contributed by atoms with E-state index in [1.807, 2.05) is 24.3 Å². The summed E-state index contributed by atoms with van der Waals surface area (Å²) in [5.41, 5.74) is 0.562. The summed E-state index contributed by atoms with van der Waals surface area (Å²) in [5, 5.41) is 9.88. The highest BCUT2D eigenvalue weighted by atomic mass is 79.9. The highest BCUT2D eigenvalue weighted by Crippen LogP contribution is 2.24. The Kier molecular flexibility index (Phi) is 5.25. The maximum atomic E-state index is 8.94. The van der Waals surface area contributed by atoms with Crippen molar-refractivity contribution in [2.45, 2.75) is 5.03 Å². The fraction of sp³-hybridized carbons (Fsp3) is 0.143. The number of para-hydroxylation sites is 1. The summed E-state index contributed by atoms with van der Waals surface area (Å²) in [6.07, 6.45) is 1.76. The quantitative estimate of drug-likeness (QED) is 0.614. The largest absolute Gasteiger partial charge is 0.491 e. The SMILES string of the molecule is N#Cc1ccccc1OCCSc1ncccc1Br. The lowest BCUT2D eigenvalue weighted by molar-refractivity contribution is 0.343. The van der Waals surface area contributed by atoms with Crippen molar-refractivity contribution >= 4 is 27.7 Å². The zero-order valence-corrected chi connectivity index (χ0v) is 12.4. The normalized spacial score (nSPS) is 9.89. The third-order valence-electron chi connectivity index (χ3n) is 2.31. The molecule has 5 heteroatoms. The molecular formula is C14H11BrN2OS. The zero-order valence-electron chi connectivity index (χ0n) is 10.0. The van der Waals surface area contributed by atoms with Crippen molar-refractivity contribution in [2.75, 3.05) is 12.4 Å². The molecule has 1 aromatic heterocycles. The van der Waals surface area contributed by atoms with Crippen LogP contribution in [0.3, 0.4) is 0 Å². The lowest BCUT2D eigenvalue weighted by Crippen LogP contribution is -2.01. The number of aromatic nitrogens is 1. The molecule has 96 valence electrons. The van der Waals surface area contributed by atoms with Crippen LogP contribution in [0.1, 0.15) is 5.56 Å². The molecule has 0 aliphatic rings. The number of nitrogens with zero attached hydrogens (tertiary/aromatic N) is 2. The molecule has 1 aromatic carbocycles. The van der Waals surface area contributed by atoms with Gasteiger partial charge in [0.2, 0.25) is 0 Å². The Balaban J connectivity index is 1.85. The number of ether oxygens (including phenoxy) is 1. The predicted molar refractivity (Wildman–Crippen MR) is 79.3 cm³/mol. The van der Waals surface area contributed by atoms with Crippen LogP contribution in [0.2, 0.25) is 0 Å². The van der Waals surface area contributed by atoms with Crippen molar-refractivity contribution < 1.29 is 4.74 Å². The minimum Gasteiger partial charge on any atom is -0.491 e. The molecule has 0 N–H and O–H groups in total. The summed E-state index contributed by atoms with van der Waals surface area (Å²) in [5.74, 6) is 1.40. The second-order valence-electron chi connectivity index (χ2n) is 3.60. The van der Waals surface area contributed by atoms with E-state index in [2.05, 4.69) is 27.0 Å². The second-order valence-corrected chi connectivity index (χ2v) is 5.53. The first kappa shape index (κ1) is 13.9. The molecule has 2 aromatic rings. The Hall–Kier alpha value is -1.51. The highest BCUT2D eigenvalue weighted by molar-refractivity contribution is 9.10. The van der Waals surface area contributed by atoms with Gasteiger partial charge < -0.3 is 4.74 Å². The summed E-state index contributed by atoms with van der Waals surface area (Å²) in [6, 6.07) is 13.2. The van der Waals surface area contributed by atoms with Gasteiger partial charge in [0.1, 0.15) is 16.8 Å². The van der Waals surface area contributed by atoms with Crippen molar-refractivity contribution in [1.29, 1.82) is 5.26 Å². The third-order valence-corrected chi connectivity index (χ3v) is 4.18. The predicted octanol–water partition coefficient (Wildman–Crippen LogP) is 3.89. The van der Waals surface area contributed by atoms with E-state index in [4.69, 9.17) is 10.00 Å². The van der Waals surface area contributed by atoms with Crippen LogP contribution >= 0.6 is 27.7 Å². The molecule has 0 bridgehead atoms. The van der Waals surface area contributed by atoms with Gasteiger partial charge >= 0.3 is 0 Å². The van der Waals surface area contributed by atoms with Gasteiger partial charge in [-0.05, 0) is 40.2 Å². The van der Waals surface area contributed by atoms with Crippen molar-refractivity contribution in [3.63, 3.8) is 0 Å². The number of hydrogen-bond acceptors (Lipinski definition) is 4. The first-order chi connectivity index (χ1) is 9.31. The molecular weight excluding hydrogens is 324 g/mol. The molecule has 0 amide bonds. The third kappa shape index (κ3) is 3.98. The number of halogens is 1. The van der Waals surface area contributed by atoms with E-state index in [1.54, 1.807) is 30.1 Å². The van der Waals surface area contributed by atoms with E-state index in [-0.39, 0.29) is 0 Å². The number of pyridine rings is 1. The molecule has 1 heterocycles. The number of hydrogen-bond donors (Lipinski definition) is 0. The Morgan fingerprint density at radius 2 is 2.11 bits per heavy atom. The number of nitriles is 1. The summed E-state index contributed by atoms with van der Waals surface area (Å²) >= 11 is 5.06. The van der Waals surface area contributed by atoms with Crippen LogP contribution in [0.25, 0.3) is 0 Å². The van der Waals surface area contributed by atoms with Gasteiger partial charge in [-0.25, -0.2) is 4.98 Å². The lowest BCUT2D eigenvalue weighted by atomic mass is 10.2. The second kappa shape index (κ2) is 7.17. The minimum absolute atomic E-state index is 0.534. The van der Waals surface area contributed by atoms with E-state index < -0.39 is 0 Å². The van der Waals surface area contributed by atoms with Crippen molar-refractivity contribution in [3.8, 4) is 11.8 Å². The minimum atomic E-state index is 0.534. The average Bonchev–Trinajstić information content (AvgIpc) is 2.45. The standard InChI is InChI=1S/C14H11BrN2OS/c15-12-5-3-7-17-14(12)19-9-8-18-13-6-2-1-4-11(13)10-16/h1-7H,8-9H2. The van der Waals surface area contributed by atoms with E-state index in [0.717, 1.165) is 15.3 Å². The Bertz CT molecular complexity index is 598. The smallest absolute Gasteiger partial charge is 0.137 e. The van der Waals surface area contributed by atoms with Crippen LogP contribution in [-0.2, 0) is 0 Å². The van der Waals surface area contributed by atoms with Crippen LogP contribution in [0, 0.1) is 11.3 Å². The first-order valence-corrected chi connectivity index (χ1v) is 7.44. The van der Waals surface area contributed by atoms with Crippen LogP contribution in [-0.4, -0.2) is 17.3 Å². The Morgan fingerprint density at radius 1 is 1.26 bits per heavy atom. The van der Waals surface area contributed by atoms with Crippen LogP contribution in [0.4, 0.5) is 0 Å². The molecule has 0 saturated heterocycles. The molecule has 0 atom stereocenters. The maximum absolute atomic E-state index is 8.94. The molecule has 0 aliphatic carbocycles. The van der Waals surface area contributed by atoms with E-state index in [9.17, 15) is 0 Å². The summed E-state index contributed by atoms with van der Waals surface area (Å²) in [4.78, 5) is 4.26. The molecule has 0 spiro atoms. The Labute approximate surface area is 124 Å². The van der Waals surface area contributed by atoms with Gasteiger partial charge in [0.25, 0.3) is 0 Å². The van der Waals surface area contributed by atoms with E-state index in [0.29, 0.717) is 17.9 Å². The van der Waals surface area contributed by atoms with Crippen molar-refractivity contribution in [2.24, 2.45) is 0 Å². The first-order valence-electron chi connectivity index (χ1n) is 5.66. The van der Waals surface area contributed by atoms with Gasteiger partial charge in [0.05, 0.1) is 12.2 Å². The molecule has 19 heavy (non-hydrogen) atoms. The monoisotopic (exact) mass is 334 g/mol. The van der Waals surface area contributed by atoms with Crippen molar-refractivity contribution in [3.05, 3.63) is 52.6 Å². The van der Waals surface area contributed by atoms with Gasteiger partial charge in [-0.3, -0.25) is 0 Å². The van der Waals surface area contributed by atoms with E-state index in [1.165, 1.54) is 0 Å². The fourth-order valence-electron chi connectivity index (χ4n) is 1.45. The van der Waals surface area contributed by atoms with Gasteiger partial charge in [-0.15, -0.1) is 11.8 Å².